The number of halogens is 1. The molecule has 0 aliphatic rings. The minimum Gasteiger partial charge on any atom is -0.346 e. The maximum absolute atomic E-state index is 12.2. The van der Waals surface area contributed by atoms with Gasteiger partial charge in [0.25, 0.3) is 0 Å². The molecular formula is C19H22BrNO. The van der Waals surface area contributed by atoms with Crippen molar-refractivity contribution < 1.29 is 4.79 Å². The molecule has 0 radical (unpaired) electrons. The summed E-state index contributed by atoms with van der Waals surface area (Å²) in [5.41, 5.74) is 2.52. The number of hydrogen-bond acceptors (Lipinski definition) is 1. The molecule has 2 rings (SSSR count). The number of rotatable bonds is 7. The maximum atomic E-state index is 12.2. The van der Waals surface area contributed by atoms with Crippen molar-refractivity contribution in [3.63, 3.8) is 0 Å². The van der Waals surface area contributed by atoms with Crippen LogP contribution in [0, 0.1) is 0 Å². The van der Waals surface area contributed by atoms with Crippen LogP contribution in [0.2, 0.25) is 0 Å². The number of benzene rings is 2. The van der Waals surface area contributed by atoms with Gasteiger partial charge < -0.3 is 4.90 Å². The summed E-state index contributed by atoms with van der Waals surface area (Å²) in [6.45, 7) is 0.809. The fourth-order valence-corrected chi connectivity index (χ4v) is 2.91. The van der Waals surface area contributed by atoms with Crippen LogP contribution < -0.4 is 0 Å². The second-order valence-corrected chi connectivity index (χ2v) is 6.35. The Morgan fingerprint density at radius 1 is 1.00 bits per heavy atom. The summed E-state index contributed by atoms with van der Waals surface area (Å²) in [4.78, 5) is 14.0. The smallest absolute Gasteiger partial charge is 0.222 e. The highest BCUT2D eigenvalue weighted by molar-refractivity contribution is 9.10. The molecule has 2 aromatic carbocycles. The molecule has 0 bridgehead atoms. The summed E-state index contributed by atoms with van der Waals surface area (Å²) in [5, 5.41) is 0. The van der Waals surface area contributed by atoms with Crippen molar-refractivity contribution in [2.24, 2.45) is 0 Å². The normalized spacial score (nSPS) is 10.5. The van der Waals surface area contributed by atoms with Gasteiger partial charge in [0, 0.05) is 24.5 Å². The topological polar surface area (TPSA) is 20.3 Å². The van der Waals surface area contributed by atoms with Crippen LogP contribution in [-0.2, 0) is 17.6 Å². The molecule has 0 unspecified atom stereocenters. The molecule has 0 atom stereocenters. The van der Waals surface area contributed by atoms with E-state index in [1.165, 1.54) is 11.1 Å². The first kappa shape index (κ1) is 16.8. The Bertz CT molecular complexity index is 597. The molecule has 2 aromatic rings. The fraction of sp³-hybridized carbons (Fsp3) is 0.316. The summed E-state index contributed by atoms with van der Waals surface area (Å²) in [7, 11) is 1.90. The molecule has 0 heterocycles. The molecule has 116 valence electrons. The van der Waals surface area contributed by atoms with Crippen molar-refractivity contribution in [2.75, 3.05) is 13.6 Å². The second-order valence-electron chi connectivity index (χ2n) is 5.50. The summed E-state index contributed by atoms with van der Waals surface area (Å²) in [5.74, 6) is 0.212. The molecule has 2 nitrogen and oxygen atoms in total. The van der Waals surface area contributed by atoms with Gasteiger partial charge in [0.1, 0.15) is 0 Å². The molecular weight excluding hydrogens is 338 g/mol. The third kappa shape index (κ3) is 5.30. The Morgan fingerprint density at radius 2 is 1.68 bits per heavy atom. The van der Waals surface area contributed by atoms with Gasteiger partial charge in [-0.05, 0) is 36.5 Å². The number of aryl methyl sites for hydroxylation is 2. The van der Waals surface area contributed by atoms with Crippen molar-refractivity contribution in [3.8, 4) is 0 Å². The van der Waals surface area contributed by atoms with Gasteiger partial charge in [0.05, 0.1) is 0 Å². The predicted molar refractivity (Wildman–Crippen MR) is 94.9 cm³/mol. The van der Waals surface area contributed by atoms with Crippen LogP contribution in [0.15, 0.2) is 59.1 Å². The van der Waals surface area contributed by atoms with Crippen molar-refractivity contribution in [1.82, 2.24) is 4.90 Å². The molecule has 0 N–H and O–H groups in total. The number of carbonyl (C=O) groups excluding carboxylic acids is 1. The molecule has 3 heteroatoms. The Balaban J connectivity index is 1.72. The van der Waals surface area contributed by atoms with Crippen LogP contribution in [0.4, 0.5) is 0 Å². The molecule has 22 heavy (non-hydrogen) atoms. The van der Waals surface area contributed by atoms with Gasteiger partial charge in [-0.3, -0.25) is 4.79 Å². The molecule has 0 aromatic heterocycles. The quantitative estimate of drug-likeness (QED) is 0.713. The van der Waals surface area contributed by atoms with Crippen LogP contribution in [0.3, 0.4) is 0 Å². The second kappa shape index (κ2) is 8.74. The minimum atomic E-state index is 0.212. The Labute approximate surface area is 141 Å². The lowest BCUT2D eigenvalue weighted by molar-refractivity contribution is -0.129. The first-order chi connectivity index (χ1) is 10.7. The minimum absolute atomic E-state index is 0.212. The average Bonchev–Trinajstić information content (AvgIpc) is 2.54. The zero-order chi connectivity index (χ0) is 15.8. The van der Waals surface area contributed by atoms with Gasteiger partial charge in [-0.15, -0.1) is 0 Å². The van der Waals surface area contributed by atoms with E-state index in [0.717, 1.165) is 30.3 Å². The molecule has 0 fully saturated rings. The van der Waals surface area contributed by atoms with Crippen LogP contribution in [0.25, 0.3) is 0 Å². The lowest BCUT2D eigenvalue weighted by atomic mass is 10.1. The summed E-state index contributed by atoms with van der Waals surface area (Å²) >= 11 is 3.53. The van der Waals surface area contributed by atoms with Gasteiger partial charge in [-0.2, -0.15) is 0 Å². The zero-order valence-corrected chi connectivity index (χ0v) is 14.6. The van der Waals surface area contributed by atoms with Crippen molar-refractivity contribution in [2.45, 2.75) is 25.7 Å². The van der Waals surface area contributed by atoms with E-state index in [4.69, 9.17) is 0 Å². The first-order valence-corrected chi connectivity index (χ1v) is 8.47. The molecule has 0 aliphatic carbocycles. The molecule has 1 amide bonds. The van der Waals surface area contributed by atoms with Gasteiger partial charge in [0.2, 0.25) is 5.91 Å². The number of nitrogens with zero attached hydrogens (tertiary/aromatic N) is 1. The number of amides is 1. The summed E-state index contributed by atoms with van der Waals surface area (Å²) in [6, 6.07) is 18.5. The Kier molecular flexibility index (Phi) is 6.66. The van der Waals surface area contributed by atoms with E-state index in [1.54, 1.807) is 0 Å². The molecule has 0 saturated carbocycles. The van der Waals surface area contributed by atoms with Crippen molar-refractivity contribution >= 4 is 21.8 Å². The van der Waals surface area contributed by atoms with E-state index in [-0.39, 0.29) is 5.91 Å². The summed E-state index contributed by atoms with van der Waals surface area (Å²) in [6.07, 6.45) is 3.36. The third-order valence-electron chi connectivity index (χ3n) is 3.79. The number of carbonyl (C=O) groups is 1. The molecule has 0 spiro atoms. The van der Waals surface area contributed by atoms with Crippen molar-refractivity contribution in [1.29, 1.82) is 0 Å². The van der Waals surface area contributed by atoms with E-state index in [2.05, 4.69) is 46.3 Å². The average molecular weight is 360 g/mol. The van der Waals surface area contributed by atoms with Gasteiger partial charge in [-0.25, -0.2) is 0 Å². The Morgan fingerprint density at radius 3 is 2.41 bits per heavy atom. The SMILES string of the molecule is CN(CCCc1ccccc1)C(=O)CCc1ccccc1Br. The Hall–Kier alpha value is -1.61. The maximum Gasteiger partial charge on any atom is 0.222 e. The first-order valence-electron chi connectivity index (χ1n) is 7.68. The van der Waals surface area contributed by atoms with Gasteiger partial charge >= 0.3 is 0 Å². The van der Waals surface area contributed by atoms with Crippen LogP contribution in [0.1, 0.15) is 24.0 Å². The lowest BCUT2D eigenvalue weighted by Gasteiger charge is -2.17. The van der Waals surface area contributed by atoms with E-state index in [1.807, 2.05) is 36.2 Å². The van der Waals surface area contributed by atoms with Crippen LogP contribution in [0.5, 0.6) is 0 Å². The van der Waals surface area contributed by atoms with E-state index < -0.39 is 0 Å². The predicted octanol–water partition coefficient (Wildman–Crippen LogP) is 4.47. The monoisotopic (exact) mass is 359 g/mol. The largest absolute Gasteiger partial charge is 0.346 e. The van der Waals surface area contributed by atoms with Gasteiger partial charge in [-0.1, -0.05) is 64.5 Å². The molecule has 0 saturated heterocycles. The highest BCUT2D eigenvalue weighted by Gasteiger charge is 2.09. The van der Waals surface area contributed by atoms with Gasteiger partial charge in [0.15, 0.2) is 0 Å². The van der Waals surface area contributed by atoms with Crippen molar-refractivity contribution in [3.05, 3.63) is 70.2 Å². The standard InChI is InChI=1S/C19H22BrNO/c1-21(15-7-10-16-8-3-2-4-9-16)19(22)14-13-17-11-5-6-12-18(17)20/h2-6,8-9,11-12H,7,10,13-15H2,1H3. The lowest BCUT2D eigenvalue weighted by Crippen LogP contribution is -2.28. The van der Waals surface area contributed by atoms with E-state index in [0.29, 0.717) is 6.42 Å². The highest BCUT2D eigenvalue weighted by atomic mass is 79.9. The van der Waals surface area contributed by atoms with Crippen LogP contribution >= 0.6 is 15.9 Å². The third-order valence-corrected chi connectivity index (χ3v) is 4.57. The van der Waals surface area contributed by atoms with Crippen LogP contribution in [-0.4, -0.2) is 24.4 Å². The zero-order valence-electron chi connectivity index (χ0n) is 13.0. The highest BCUT2D eigenvalue weighted by Crippen LogP contribution is 2.17. The summed E-state index contributed by atoms with van der Waals surface area (Å²) < 4.78 is 1.08. The van der Waals surface area contributed by atoms with E-state index in [9.17, 15) is 4.79 Å². The fourth-order valence-electron chi connectivity index (χ4n) is 2.42. The van der Waals surface area contributed by atoms with E-state index >= 15 is 0 Å². The number of hydrogen-bond donors (Lipinski definition) is 0. The molecule has 0 aliphatic heterocycles.